The number of hydrogen-bond acceptors (Lipinski definition) is 3. The lowest BCUT2D eigenvalue weighted by Crippen LogP contribution is -2.18. The van der Waals surface area contributed by atoms with E-state index in [9.17, 15) is 0 Å². The number of rotatable bonds is 3. The van der Waals surface area contributed by atoms with Crippen molar-refractivity contribution in [2.75, 3.05) is 18.5 Å². The largest absolute Gasteiger partial charge is 0.392 e. The van der Waals surface area contributed by atoms with Gasteiger partial charge in [-0.1, -0.05) is 0 Å². The Bertz CT molecular complexity index is 286. The zero-order valence-corrected chi connectivity index (χ0v) is 8.41. The number of aliphatic hydroxyl groups excluding tert-OH is 1. The first kappa shape index (κ1) is 9.99. The lowest BCUT2D eigenvalue weighted by Gasteiger charge is -2.19. The Hall–Kier alpha value is -1.09. The molecule has 1 N–H and O–H groups in total. The number of aliphatic hydroxyl groups is 1. The van der Waals surface area contributed by atoms with Crippen molar-refractivity contribution in [3.8, 4) is 0 Å². The zero-order valence-electron chi connectivity index (χ0n) is 8.41. The number of anilines is 1. The number of aryl methyl sites for hydroxylation is 1. The van der Waals surface area contributed by atoms with Crippen molar-refractivity contribution in [3.63, 3.8) is 0 Å². The van der Waals surface area contributed by atoms with Crippen molar-refractivity contribution in [1.29, 1.82) is 0 Å². The highest BCUT2D eigenvalue weighted by Crippen LogP contribution is 2.19. The second-order valence-corrected chi connectivity index (χ2v) is 3.13. The van der Waals surface area contributed by atoms with E-state index < -0.39 is 0 Å². The molecule has 1 aromatic rings. The van der Waals surface area contributed by atoms with Crippen molar-refractivity contribution in [1.82, 2.24) is 4.98 Å². The summed E-state index contributed by atoms with van der Waals surface area (Å²) in [4.78, 5) is 6.24. The number of hydrogen-bond donors (Lipinski definition) is 1. The van der Waals surface area contributed by atoms with Crippen molar-refractivity contribution < 1.29 is 5.11 Å². The summed E-state index contributed by atoms with van der Waals surface area (Å²) in [7, 11) is 2.01. The van der Waals surface area contributed by atoms with E-state index in [2.05, 4.69) is 16.8 Å². The van der Waals surface area contributed by atoms with Gasteiger partial charge in [0, 0.05) is 36.7 Å². The van der Waals surface area contributed by atoms with Gasteiger partial charge in [-0.25, -0.2) is 0 Å². The minimum Gasteiger partial charge on any atom is -0.392 e. The Morgan fingerprint density at radius 2 is 2.23 bits per heavy atom. The lowest BCUT2D eigenvalue weighted by molar-refractivity contribution is 0.281. The molecule has 0 unspecified atom stereocenters. The molecule has 3 nitrogen and oxygen atoms in total. The molecule has 0 atom stereocenters. The molecule has 0 aliphatic heterocycles. The topological polar surface area (TPSA) is 36.4 Å². The average Bonchev–Trinajstić information content (AvgIpc) is 2.16. The molecule has 72 valence electrons. The standard InChI is InChI=1S/C10H16N2O/c1-4-12(3)10-5-8(2)11-6-9(10)7-13/h5-6,13H,4,7H2,1-3H3. The van der Waals surface area contributed by atoms with E-state index in [1.807, 2.05) is 20.0 Å². The van der Waals surface area contributed by atoms with Gasteiger partial charge in [0.15, 0.2) is 0 Å². The fourth-order valence-corrected chi connectivity index (χ4v) is 1.22. The Morgan fingerprint density at radius 1 is 1.54 bits per heavy atom. The van der Waals surface area contributed by atoms with Gasteiger partial charge in [0.25, 0.3) is 0 Å². The maximum atomic E-state index is 9.09. The van der Waals surface area contributed by atoms with Crippen LogP contribution >= 0.6 is 0 Å². The summed E-state index contributed by atoms with van der Waals surface area (Å²) in [5.74, 6) is 0. The van der Waals surface area contributed by atoms with Crippen LogP contribution in [0.5, 0.6) is 0 Å². The highest BCUT2D eigenvalue weighted by Gasteiger charge is 2.05. The molecule has 0 saturated heterocycles. The summed E-state index contributed by atoms with van der Waals surface area (Å²) in [6, 6.07) is 2.00. The van der Waals surface area contributed by atoms with E-state index in [-0.39, 0.29) is 6.61 Å². The molecule has 0 amide bonds. The summed E-state index contributed by atoms with van der Waals surface area (Å²) in [6.07, 6.45) is 1.73. The highest BCUT2D eigenvalue weighted by atomic mass is 16.3. The van der Waals surface area contributed by atoms with Gasteiger partial charge >= 0.3 is 0 Å². The molecular weight excluding hydrogens is 164 g/mol. The van der Waals surface area contributed by atoms with E-state index >= 15 is 0 Å². The summed E-state index contributed by atoms with van der Waals surface area (Å²) < 4.78 is 0. The van der Waals surface area contributed by atoms with Gasteiger partial charge in [-0.15, -0.1) is 0 Å². The molecule has 0 aromatic carbocycles. The summed E-state index contributed by atoms with van der Waals surface area (Å²) in [5, 5.41) is 9.09. The first-order valence-electron chi connectivity index (χ1n) is 4.46. The SMILES string of the molecule is CCN(C)c1cc(C)ncc1CO. The minimum atomic E-state index is 0.0486. The monoisotopic (exact) mass is 180 g/mol. The summed E-state index contributed by atoms with van der Waals surface area (Å²) in [6.45, 7) is 5.01. The van der Waals surface area contributed by atoms with Crippen molar-refractivity contribution in [3.05, 3.63) is 23.5 Å². The van der Waals surface area contributed by atoms with Crippen LogP contribution in [-0.2, 0) is 6.61 Å². The minimum absolute atomic E-state index is 0.0486. The van der Waals surface area contributed by atoms with Crippen LogP contribution in [0.15, 0.2) is 12.3 Å². The van der Waals surface area contributed by atoms with Gasteiger partial charge < -0.3 is 10.0 Å². The molecule has 0 bridgehead atoms. The van der Waals surface area contributed by atoms with Gasteiger partial charge in [-0.3, -0.25) is 4.98 Å². The molecule has 0 aliphatic rings. The van der Waals surface area contributed by atoms with Crippen LogP contribution in [0.1, 0.15) is 18.2 Å². The Morgan fingerprint density at radius 3 is 2.77 bits per heavy atom. The predicted octanol–water partition coefficient (Wildman–Crippen LogP) is 1.34. The second-order valence-electron chi connectivity index (χ2n) is 3.13. The molecule has 0 radical (unpaired) electrons. The maximum absolute atomic E-state index is 9.09. The third-order valence-corrected chi connectivity index (χ3v) is 2.15. The number of pyridine rings is 1. The molecule has 0 fully saturated rings. The predicted molar refractivity (Wildman–Crippen MR) is 53.8 cm³/mol. The van der Waals surface area contributed by atoms with Gasteiger partial charge in [0.2, 0.25) is 0 Å². The molecule has 1 heterocycles. The van der Waals surface area contributed by atoms with Crippen LogP contribution in [0, 0.1) is 6.92 Å². The van der Waals surface area contributed by atoms with Crippen LogP contribution in [-0.4, -0.2) is 23.7 Å². The van der Waals surface area contributed by atoms with Gasteiger partial charge in [-0.05, 0) is 19.9 Å². The van der Waals surface area contributed by atoms with Crippen LogP contribution in [0.4, 0.5) is 5.69 Å². The van der Waals surface area contributed by atoms with Crippen LogP contribution in [0.3, 0.4) is 0 Å². The highest BCUT2D eigenvalue weighted by molar-refractivity contribution is 5.52. The van der Waals surface area contributed by atoms with E-state index in [4.69, 9.17) is 5.11 Å². The average molecular weight is 180 g/mol. The molecular formula is C10H16N2O. The molecule has 0 aliphatic carbocycles. The smallest absolute Gasteiger partial charge is 0.0717 e. The third-order valence-electron chi connectivity index (χ3n) is 2.15. The van der Waals surface area contributed by atoms with E-state index in [0.29, 0.717) is 0 Å². The number of nitrogens with zero attached hydrogens (tertiary/aromatic N) is 2. The molecule has 0 saturated carbocycles. The van der Waals surface area contributed by atoms with E-state index in [1.54, 1.807) is 6.20 Å². The van der Waals surface area contributed by atoms with Crippen LogP contribution in [0.2, 0.25) is 0 Å². The van der Waals surface area contributed by atoms with Gasteiger partial charge in [0.05, 0.1) is 6.61 Å². The Labute approximate surface area is 79.0 Å². The lowest BCUT2D eigenvalue weighted by atomic mass is 10.2. The quantitative estimate of drug-likeness (QED) is 0.762. The second kappa shape index (κ2) is 4.23. The normalized spacial score (nSPS) is 10.2. The Balaban J connectivity index is 3.07. The van der Waals surface area contributed by atoms with Crippen molar-refractivity contribution in [2.24, 2.45) is 0 Å². The molecule has 1 aromatic heterocycles. The number of aromatic nitrogens is 1. The summed E-state index contributed by atoms with van der Waals surface area (Å²) >= 11 is 0. The summed E-state index contributed by atoms with van der Waals surface area (Å²) in [5.41, 5.74) is 2.93. The zero-order chi connectivity index (χ0) is 9.84. The van der Waals surface area contributed by atoms with E-state index in [1.165, 1.54) is 0 Å². The fraction of sp³-hybridized carbons (Fsp3) is 0.500. The molecule has 1 rings (SSSR count). The third kappa shape index (κ3) is 2.18. The van der Waals surface area contributed by atoms with Gasteiger partial charge in [-0.2, -0.15) is 0 Å². The molecule has 3 heteroatoms. The van der Waals surface area contributed by atoms with Crippen LogP contribution in [0.25, 0.3) is 0 Å². The van der Waals surface area contributed by atoms with E-state index in [0.717, 1.165) is 23.5 Å². The van der Waals surface area contributed by atoms with Crippen LogP contribution < -0.4 is 4.90 Å². The maximum Gasteiger partial charge on any atom is 0.0717 e. The molecule has 13 heavy (non-hydrogen) atoms. The van der Waals surface area contributed by atoms with Gasteiger partial charge in [0.1, 0.15) is 0 Å². The fourth-order valence-electron chi connectivity index (χ4n) is 1.22. The first-order chi connectivity index (χ1) is 6.19. The first-order valence-corrected chi connectivity index (χ1v) is 4.46. The molecule has 0 spiro atoms. The van der Waals surface area contributed by atoms with Crippen molar-refractivity contribution >= 4 is 5.69 Å². The van der Waals surface area contributed by atoms with Crippen molar-refractivity contribution in [2.45, 2.75) is 20.5 Å². The Kier molecular flexibility index (Phi) is 3.25.